The summed E-state index contributed by atoms with van der Waals surface area (Å²) in [5.74, 6) is 0.726. The summed E-state index contributed by atoms with van der Waals surface area (Å²) in [6.07, 6.45) is 3.27. The molecule has 112 valence electrons. The van der Waals surface area contributed by atoms with Crippen LogP contribution in [-0.4, -0.2) is 17.0 Å². The van der Waals surface area contributed by atoms with Crippen LogP contribution < -0.4 is 10.5 Å². The molecule has 2 heterocycles. The second kappa shape index (κ2) is 5.25. The van der Waals surface area contributed by atoms with Crippen LogP contribution in [0.4, 0.5) is 5.69 Å². The highest BCUT2D eigenvalue weighted by atomic mass is 32.1. The normalized spacial score (nSPS) is 13.5. The van der Waals surface area contributed by atoms with Gasteiger partial charge in [0.05, 0.1) is 11.9 Å². The van der Waals surface area contributed by atoms with E-state index in [1.165, 1.54) is 10.4 Å². The van der Waals surface area contributed by atoms with E-state index in [1.54, 1.807) is 11.3 Å². The van der Waals surface area contributed by atoms with E-state index in [2.05, 4.69) is 27.0 Å². The first-order valence-electron chi connectivity index (χ1n) is 7.52. The van der Waals surface area contributed by atoms with Gasteiger partial charge < -0.3 is 9.88 Å². The number of hydrogen-bond acceptors (Lipinski definition) is 4. The van der Waals surface area contributed by atoms with Crippen LogP contribution in [0.15, 0.2) is 35.1 Å². The molecule has 2 aromatic heterocycles. The van der Waals surface area contributed by atoms with Gasteiger partial charge in [-0.3, -0.25) is 4.79 Å². The summed E-state index contributed by atoms with van der Waals surface area (Å²) in [5, 5.41) is 0.823. The zero-order valence-corrected chi connectivity index (χ0v) is 13.2. The Kier molecular flexibility index (Phi) is 3.22. The lowest BCUT2D eigenvalue weighted by molar-refractivity contribution is 0.841. The fraction of sp³-hybridized carbons (Fsp3) is 0.294. The Labute approximate surface area is 132 Å². The molecule has 1 N–H and O–H groups in total. The Hall–Kier alpha value is -2.14. The highest BCUT2D eigenvalue weighted by Crippen LogP contribution is 2.34. The topological polar surface area (TPSA) is 49.0 Å². The van der Waals surface area contributed by atoms with Gasteiger partial charge >= 0.3 is 0 Å². The molecule has 0 aliphatic heterocycles. The molecule has 1 aliphatic carbocycles. The molecule has 0 unspecified atom stereocenters. The number of aryl methyl sites for hydroxylation is 2. The molecule has 3 aromatic rings. The number of rotatable bonds is 3. The smallest absolute Gasteiger partial charge is 0.259 e. The maximum atomic E-state index is 12.4. The van der Waals surface area contributed by atoms with Gasteiger partial charge in [0.15, 0.2) is 0 Å². The van der Waals surface area contributed by atoms with Crippen LogP contribution in [-0.2, 0) is 19.4 Å². The minimum absolute atomic E-state index is 0.0147. The Bertz CT molecular complexity index is 882. The zero-order valence-electron chi connectivity index (χ0n) is 12.4. The predicted molar refractivity (Wildman–Crippen MR) is 90.8 cm³/mol. The van der Waals surface area contributed by atoms with Crippen molar-refractivity contribution in [1.29, 1.82) is 0 Å². The Morgan fingerprint density at radius 3 is 2.91 bits per heavy atom. The lowest BCUT2D eigenvalue weighted by Gasteiger charge is -2.18. The minimum Gasteiger partial charge on any atom is -0.367 e. The van der Waals surface area contributed by atoms with Crippen LogP contribution >= 0.6 is 11.3 Å². The van der Waals surface area contributed by atoms with Crippen molar-refractivity contribution in [1.82, 2.24) is 9.97 Å². The Morgan fingerprint density at radius 1 is 1.27 bits per heavy atom. The minimum atomic E-state index is 0.0147. The van der Waals surface area contributed by atoms with E-state index in [1.807, 2.05) is 25.2 Å². The summed E-state index contributed by atoms with van der Waals surface area (Å²) in [7, 11) is 2.01. The number of para-hydroxylation sites is 1. The largest absolute Gasteiger partial charge is 0.367 e. The maximum Gasteiger partial charge on any atom is 0.259 e. The van der Waals surface area contributed by atoms with Crippen LogP contribution in [0.3, 0.4) is 0 Å². The SMILES string of the molecule is CN(Cc1nc2sc3c(c2c(=O)[nH]1)CCC3)c1ccccc1. The molecule has 22 heavy (non-hydrogen) atoms. The summed E-state index contributed by atoms with van der Waals surface area (Å²) in [4.78, 5) is 24.4. The standard InChI is InChI=1S/C17H17N3OS/c1-20(11-6-3-2-4-7-11)10-14-18-16(21)15-12-8-5-9-13(12)22-17(15)19-14/h2-4,6-7H,5,8-10H2,1H3,(H,18,19,21). The molecule has 0 saturated heterocycles. The van der Waals surface area contributed by atoms with E-state index in [0.717, 1.165) is 41.0 Å². The number of thiophene rings is 1. The van der Waals surface area contributed by atoms with Crippen LogP contribution in [0.5, 0.6) is 0 Å². The maximum absolute atomic E-state index is 12.4. The number of H-pyrrole nitrogens is 1. The first kappa shape index (κ1) is 13.5. The molecule has 1 aliphatic rings. The van der Waals surface area contributed by atoms with E-state index in [4.69, 9.17) is 0 Å². The van der Waals surface area contributed by atoms with Gasteiger partial charge in [0.25, 0.3) is 5.56 Å². The molecular formula is C17H17N3OS. The lowest BCUT2D eigenvalue weighted by Crippen LogP contribution is -2.21. The van der Waals surface area contributed by atoms with Crippen molar-refractivity contribution in [3.05, 3.63) is 57.0 Å². The quantitative estimate of drug-likeness (QED) is 0.808. The number of hydrogen-bond donors (Lipinski definition) is 1. The molecule has 0 spiro atoms. The van der Waals surface area contributed by atoms with E-state index in [-0.39, 0.29) is 5.56 Å². The predicted octanol–water partition coefficient (Wildman–Crippen LogP) is 3.11. The Morgan fingerprint density at radius 2 is 2.09 bits per heavy atom. The number of aromatic amines is 1. The number of aromatic nitrogens is 2. The number of fused-ring (bicyclic) bond motifs is 3. The molecule has 0 bridgehead atoms. The fourth-order valence-corrected chi connectivity index (χ4v) is 4.40. The molecule has 4 nitrogen and oxygen atoms in total. The van der Waals surface area contributed by atoms with Crippen molar-refractivity contribution in [3.63, 3.8) is 0 Å². The van der Waals surface area contributed by atoms with Gasteiger partial charge in [0, 0.05) is 17.6 Å². The monoisotopic (exact) mass is 311 g/mol. The highest BCUT2D eigenvalue weighted by molar-refractivity contribution is 7.18. The zero-order chi connectivity index (χ0) is 15.1. The van der Waals surface area contributed by atoms with Crippen molar-refractivity contribution in [2.24, 2.45) is 0 Å². The van der Waals surface area contributed by atoms with E-state index in [0.29, 0.717) is 6.54 Å². The van der Waals surface area contributed by atoms with E-state index >= 15 is 0 Å². The highest BCUT2D eigenvalue weighted by Gasteiger charge is 2.21. The van der Waals surface area contributed by atoms with Crippen molar-refractivity contribution in [2.75, 3.05) is 11.9 Å². The summed E-state index contributed by atoms with van der Waals surface area (Å²) >= 11 is 1.69. The van der Waals surface area contributed by atoms with Gasteiger partial charge in [-0.05, 0) is 37.0 Å². The van der Waals surface area contributed by atoms with Crippen molar-refractivity contribution in [2.45, 2.75) is 25.8 Å². The molecule has 0 atom stereocenters. The molecular weight excluding hydrogens is 294 g/mol. The van der Waals surface area contributed by atoms with Gasteiger partial charge in [-0.1, -0.05) is 18.2 Å². The second-order valence-electron chi connectivity index (χ2n) is 5.74. The molecule has 0 fully saturated rings. The van der Waals surface area contributed by atoms with Crippen molar-refractivity contribution < 1.29 is 0 Å². The van der Waals surface area contributed by atoms with Gasteiger partial charge in [-0.25, -0.2) is 4.98 Å². The average Bonchev–Trinajstić information content (AvgIpc) is 3.08. The third kappa shape index (κ3) is 2.22. The molecule has 1 aromatic carbocycles. The number of nitrogens with one attached hydrogen (secondary N) is 1. The molecule has 4 rings (SSSR count). The molecule has 0 amide bonds. The number of anilines is 1. The summed E-state index contributed by atoms with van der Waals surface area (Å²) in [5.41, 5.74) is 2.36. The van der Waals surface area contributed by atoms with E-state index in [9.17, 15) is 4.79 Å². The first-order chi connectivity index (χ1) is 10.7. The Balaban J connectivity index is 1.70. The van der Waals surface area contributed by atoms with Crippen LogP contribution in [0.2, 0.25) is 0 Å². The van der Waals surface area contributed by atoms with Crippen LogP contribution in [0.1, 0.15) is 22.7 Å². The summed E-state index contributed by atoms with van der Waals surface area (Å²) in [6, 6.07) is 10.1. The number of benzene rings is 1. The molecule has 0 saturated carbocycles. The molecule has 0 radical (unpaired) electrons. The first-order valence-corrected chi connectivity index (χ1v) is 8.33. The van der Waals surface area contributed by atoms with Crippen LogP contribution in [0.25, 0.3) is 10.2 Å². The summed E-state index contributed by atoms with van der Waals surface area (Å²) in [6.45, 7) is 0.595. The van der Waals surface area contributed by atoms with Crippen molar-refractivity contribution >= 4 is 27.2 Å². The van der Waals surface area contributed by atoms with Gasteiger partial charge in [-0.2, -0.15) is 0 Å². The third-order valence-corrected chi connectivity index (χ3v) is 5.39. The number of nitrogens with zero attached hydrogens (tertiary/aromatic N) is 2. The van der Waals surface area contributed by atoms with E-state index < -0.39 is 0 Å². The van der Waals surface area contributed by atoms with Gasteiger partial charge in [0.2, 0.25) is 0 Å². The van der Waals surface area contributed by atoms with Gasteiger partial charge in [0.1, 0.15) is 10.7 Å². The van der Waals surface area contributed by atoms with Crippen molar-refractivity contribution in [3.8, 4) is 0 Å². The van der Waals surface area contributed by atoms with Gasteiger partial charge in [-0.15, -0.1) is 11.3 Å². The fourth-order valence-electron chi connectivity index (χ4n) is 3.12. The summed E-state index contributed by atoms with van der Waals surface area (Å²) < 4.78 is 0. The van der Waals surface area contributed by atoms with Crippen LogP contribution in [0, 0.1) is 0 Å². The average molecular weight is 311 g/mol. The third-order valence-electron chi connectivity index (χ3n) is 4.21. The lowest BCUT2D eigenvalue weighted by atomic mass is 10.2. The molecule has 5 heteroatoms. The second-order valence-corrected chi connectivity index (χ2v) is 6.83.